The second kappa shape index (κ2) is 11.3. The maximum Gasteiger partial charge on any atom is 0.220 e. The molecule has 2 aliphatic heterocycles. The van der Waals surface area contributed by atoms with Crippen LogP contribution in [-0.2, 0) is 11.2 Å². The van der Waals surface area contributed by atoms with Gasteiger partial charge in [0.25, 0.3) is 0 Å². The Labute approximate surface area is 192 Å². The van der Waals surface area contributed by atoms with E-state index < -0.39 is 6.17 Å². The van der Waals surface area contributed by atoms with E-state index in [2.05, 4.69) is 10.2 Å². The van der Waals surface area contributed by atoms with E-state index in [-0.39, 0.29) is 17.8 Å². The fourth-order valence-electron chi connectivity index (χ4n) is 4.18. The number of carbonyl (C=O) groups is 1. The fraction of sp³-hybridized carbons (Fsp3) is 0.480. The molecule has 0 spiro atoms. The highest BCUT2D eigenvalue weighted by Gasteiger charge is 2.25. The lowest BCUT2D eigenvalue weighted by Crippen LogP contribution is -2.44. The standard InChI is InChI=1S/C25H30F2N2O4/c26-19-4-6-22(7-5-19)31-11-1-2-25(30)28-21(17-29-10-9-20(27)16-29)14-18-3-8-23-24(15-18)33-13-12-32-23/h3-8,15,20-21H,1-2,9-14,16-17H2,(H,28,30)/t20-,21+/m1/s1. The quantitative estimate of drug-likeness (QED) is 0.550. The molecule has 1 saturated heterocycles. The van der Waals surface area contributed by atoms with Gasteiger partial charge in [0.15, 0.2) is 11.5 Å². The van der Waals surface area contributed by atoms with Crippen LogP contribution >= 0.6 is 0 Å². The maximum atomic E-state index is 13.7. The number of nitrogens with zero attached hydrogens (tertiary/aromatic N) is 1. The van der Waals surface area contributed by atoms with Crippen molar-refractivity contribution in [3.8, 4) is 17.2 Å². The topological polar surface area (TPSA) is 60.0 Å². The van der Waals surface area contributed by atoms with Gasteiger partial charge in [-0.3, -0.25) is 9.69 Å². The summed E-state index contributed by atoms with van der Waals surface area (Å²) in [5, 5.41) is 3.11. The Kier molecular flexibility index (Phi) is 7.99. The van der Waals surface area contributed by atoms with Crippen LogP contribution in [0.2, 0.25) is 0 Å². The third kappa shape index (κ3) is 7.05. The smallest absolute Gasteiger partial charge is 0.220 e. The van der Waals surface area contributed by atoms with Gasteiger partial charge in [0, 0.05) is 32.1 Å². The van der Waals surface area contributed by atoms with Crippen LogP contribution in [0.1, 0.15) is 24.8 Å². The number of carbonyl (C=O) groups excluding carboxylic acids is 1. The van der Waals surface area contributed by atoms with E-state index in [1.165, 1.54) is 12.1 Å². The van der Waals surface area contributed by atoms with Gasteiger partial charge < -0.3 is 19.5 Å². The lowest BCUT2D eigenvalue weighted by atomic mass is 10.0. The number of benzene rings is 2. The molecule has 0 aliphatic carbocycles. The van der Waals surface area contributed by atoms with Gasteiger partial charge in [-0.2, -0.15) is 0 Å². The third-order valence-electron chi connectivity index (χ3n) is 5.78. The summed E-state index contributed by atoms with van der Waals surface area (Å²) in [7, 11) is 0. The van der Waals surface area contributed by atoms with E-state index in [1.54, 1.807) is 12.1 Å². The molecule has 6 nitrogen and oxygen atoms in total. The van der Waals surface area contributed by atoms with Crippen LogP contribution in [0, 0.1) is 5.82 Å². The number of nitrogens with one attached hydrogen (secondary N) is 1. The molecule has 2 aromatic rings. The zero-order valence-electron chi connectivity index (χ0n) is 18.6. The molecule has 2 heterocycles. The highest BCUT2D eigenvalue weighted by molar-refractivity contribution is 5.76. The van der Waals surface area contributed by atoms with Crippen molar-refractivity contribution in [3.63, 3.8) is 0 Å². The fourth-order valence-corrected chi connectivity index (χ4v) is 4.18. The molecule has 33 heavy (non-hydrogen) atoms. The van der Waals surface area contributed by atoms with Gasteiger partial charge in [-0.05, 0) is 61.2 Å². The summed E-state index contributed by atoms with van der Waals surface area (Å²) in [6.45, 7) is 3.10. The lowest BCUT2D eigenvalue weighted by molar-refractivity contribution is -0.122. The number of hydrogen-bond donors (Lipinski definition) is 1. The zero-order chi connectivity index (χ0) is 23.0. The van der Waals surface area contributed by atoms with Crippen LogP contribution in [0.15, 0.2) is 42.5 Å². The number of hydrogen-bond acceptors (Lipinski definition) is 5. The van der Waals surface area contributed by atoms with E-state index in [1.807, 2.05) is 18.2 Å². The molecule has 1 amide bonds. The minimum absolute atomic E-state index is 0.0729. The van der Waals surface area contributed by atoms with Crippen molar-refractivity contribution in [2.24, 2.45) is 0 Å². The number of likely N-dealkylation sites (tertiary alicyclic amines) is 1. The van der Waals surface area contributed by atoms with Gasteiger partial charge in [0.1, 0.15) is 31.0 Å². The minimum Gasteiger partial charge on any atom is -0.494 e. The molecule has 0 aromatic heterocycles. The molecule has 0 bridgehead atoms. The average Bonchev–Trinajstić information content (AvgIpc) is 3.22. The van der Waals surface area contributed by atoms with E-state index >= 15 is 0 Å². The summed E-state index contributed by atoms with van der Waals surface area (Å²) in [6, 6.07) is 11.5. The normalized spacial score (nSPS) is 18.7. The molecule has 0 saturated carbocycles. The Morgan fingerprint density at radius 1 is 1.15 bits per heavy atom. The number of halogens is 2. The van der Waals surface area contributed by atoms with Crippen molar-refractivity contribution >= 4 is 5.91 Å². The summed E-state index contributed by atoms with van der Waals surface area (Å²) in [4.78, 5) is 14.7. The Balaban J connectivity index is 1.30. The zero-order valence-corrected chi connectivity index (χ0v) is 18.6. The van der Waals surface area contributed by atoms with Gasteiger partial charge in [-0.25, -0.2) is 8.78 Å². The molecule has 2 aromatic carbocycles. The number of rotatable bonds is 10. The summed E-state index contributed by atoms with van der Waals surface area (Å²) < 4.78 is 43.5. The molecule has 8 heteroatoms. The largest absolute Gasteiger partial charge is 0.494 e. The summed E-state index contributed by atoms with van der Waals surface area (Å²) in [5.41, 5.74) is 1.03. The van der Waals surface area contributed by atoms with Crippen LogP contribution in [0.4, 0.5) is 8.78 Å². The van der Waals surface area contributed by atoms with E-state index in [0.717, 1.165) is 11.3 Å². The SMILES string of the molecule is O=C(CCCOc1ccc(F)cc1)N[C@@H](Cc1ccc2c(c1)OCCO2)CN1CC[C@@H](F)C1. The van der Waals surface area contributed by atoms with Gasteiger partial charge in [0.2, 0.25) is 5.91 Å². The van der Waals surface area contributed by atoms with Crippen LogP contribution in [0.3, 0.4) is 0 Å². The molecule has 2 atom stereocenters. The van der Waals surface area contributed by atoms with Crippen LogP contribution in [0.5, 0.6) is 17.2 Å². The van der Waals surface area contributed by atoms with E-state index in [9.17, 15) is 13.6 Å². The molecule has 1 N–H and O–H groups in total. The number of fused-ring (bicyclic) bond motifs is 1. The van der Waals surface area contributed by atoms with Crippen LogP contribution < -0.4 is 19.5 Å². The summed E-state index contributed by atoms with van der Waals surface area (Å²) >= 11 is 0. The average molecular weight is 461 g/mol. The first kappa shape index (κ1) is 23.3. The Bertz CT molecular complexity index is 925. The summed E-state index contributed by atoms with van der Waals surface area (Å²) in [5.74, 6) is 1.63. The van der Waals surface area contributed by atoms with Crippen molar-refractivity contribution in [1.29, 1.82) is 0 Å². The molecule has 2 aliphatic rings. The predicted octanol–water partition coefficient (Wildman–Crippen LogP) is 3.53. The minimum atomic E-state index is -0.806. The van der Waals surface area contributed by atoms with Crippen LogP contribution in [-0.4, -0.2) is 62.5 Å². The van der Waals surface area contributed by atoms with Crippen LogP contribution in [0.25, 0.3) is 0 Å². The van der Waals surface area contributed by atoms with Gasteiger partial charge in [-0.1, -0.05) is 6.07 Å². The lowest BCUT2D eigenvalue weighted by Gasteiger charge is -2.25. The van der Waals surface area contributed by atoms with Gasteiger partial charge in [-0.15, -0.1) is 0 Å². The Hall–Kier alpha value is -2.87. The van der Waals surface area contributed by atoms with E-state index in [4.69, 9.17) is 14.2 Å². The molecular weight excluding hydrogens is 430 g/mol. The first-order valence-corrected chi connectivity index (χ1v) is 11.5. The van der Waals surface area contributed by atoms with Crippen molar-refractivity contribution in [2.45, 2.75) is 37.9 Å². The second-order valence-corrected chi connectivity index (χ2v) is 8.50. The Morgan fingerprint density at radius 3 is 2.70 bits per heavy atom. The monoisotopic (exact) mass is 460 g/mol. The number of ether oxygens (including phenoxy) is 3. The van der Waals surface area contributed by atoms with Crippen molar-refractivity contribution in [3.05, 3.63) is 53.8 Å². The molecule has 4 rings (SSSR count). The predicted molar refractivity (Wildman–Crippen MR) is 120 cm³/mol. The molecule has 1 fully saturated rings. The first-order valence-electron chi connectivity index (χ1n) is 11.5. The van der Waals surface area contributed by atoms with Crippen molar-refractivity contribution in [1.82, 2.24) is 10.2 Å². The van der Waals surface area contributed by atoms with Crippen molar-refractivity contribution in [2.75, 3.05) is 39.5 Å². The van der Waals surface area contributed by atoms with E-state index in [0.29, 0.717) is 76.6 Å². The number of alkyl halides is 1. The van der Waals surface area contributed by atoms with Crippen molar-refractivity contribution < 1.29 is 27.8 Å². The Morgan fingerprint density at radius 2 is 1.94 bits per heavy atom. The molecule has 0 radical (unpaired) electrons. The molecular formula is C25H30F2N2O4. The first-order chi connectivity index (χ1) is 16.0. The third-order valence-corrected chi connectivity index (χ3v) is 5.78. The highest BCUT2D eigenvalue weighted by atomic mass is 19.1. The summed E-state index contributed by atoms with van der Waals surface area (Å²) in [6.07, 6.45) is 1.19. The number of amides is 1. The molecule has 0 unspecified atom stereocenters. The maximum absolute atomic E-state index is 13.7. The van der Waals surface area contributed by atoms with Gasteiger partial charge >= 0.3 is 0 Å². The highest BCUT2D eigenvalue weighted by Crippen LogP contribution is 2.31. The second-order valence-electron chi connectivity index (χ2n) is 8.50. The molecule has 178 valence electrons. The van der Waals surface area contributed by atoms with Gasteiger partial charge in [0.05, 0.1) is 6.61 Å².